The maximum atomic E-state index is 11.8. The van der Waals surface area contributed by atoms with Crippen molar-refractivity contribution in [1.29, 1.82) is 0 Å². The molecule has 0 radical (unpaired) electrons. The topological polar surface area (TPSA) is 89.7 Å². The van der Waals surface area contributed by atoms with E-state index in [4.69, 9.17) is 4.74 Å². The van der Waals surface area contributed by atoms with Gasteiger partial charge >= 0.3 is 5.97 Å². The smallest absolute Gasteiger partial charge is 0.347 e. The number of para-hydroxylation sites is 1. The minimum Gasteiger partial charge on any atom is -0.507 e. The van der Waals surface area contributed by atoms with Crippen molar-refractivity contribution >= 4 is 11.7 Å². The van der Waals surface area contributed by atoms with Crippen LogP contribution in [-0.2, 0) is 0 Å². The lowest BCUT2D eigenvalue weighted by Gasteiger charge is -2.05. The van der Waals surface area contributed by atoms with E-state index < -0.39 is 10.9 Å². The zero-order chi connectivity index (χ0) is 13.8. The van der Waals surface area contributed by atoms with Gasteiger partial charge in [-0.3, -0.25) is 10.1 Å². The molecule has 0 bridgehead atoms. The highest BCUT2D eigenvalue weighted by Crippen LogP contribution is 2.24. The summed E-state index contributed by atoms with van der Waals surface area (Å²) in [6.45, 7) is 0. The number of ether oxygens (including phenoxy) is 1. The van der Waals surface area contributed by atoms with Crippen molar-refractivity contribution in [3.63, 3.8) is 0 Å². The van der Waals surface area contributed by atoms with Crippen LogP contribution in [0.1, 0.15) is 10.4 Å². The van der Waals surface area contributed by atoms with Crippen molar-refractivity contribution < 1.29 is 19.6 Å². The van der Waals surface area contributed by atoms with Crippen LogP contribution in [0.25, 0.3) is 0 Å². The van der Waals surface area contributed by atoms with Gasteiger partial charge in [0.05, 0.1) is 4.92 Å². The highest BCUT2D eigenvalue weighted by atomic mass is 16.6. The highest BCUT2D eigenvalue weighted by molar-refractivity contribution is 5.94. The van der Waals surface area contributed by atoms with Crippen LogP contribution >= 0.6 is 0 Å². The Bertz CT molecular complexity index is 624. The quantitative estimate of drug-likeness (QED) is 0.396. The average molecular weight is 259 g/mol. The fraction of sp³-hybridized carbons (Fsp3) is 0. The molecule has 0 amide bonds. The van der Waals surface area contributed by atoms with E-state index >= 15 is 0 Å². The third-order valence-corrected chi connectivity index (χ3v) is 2.36. The summed E-state index contributed by atoms with van der Waals surface area (Å²) in [5.41, 5.74) is -0.545. The zero-order valence-electron chi connectivity index (χ0n) is 9.65. The molecular weight excluding hydrogens is 250 g/mol. The molecule has 0 spiro atoms. The van der Waals surface area contributed by atoms with E-state index in [2.05, 4.69) is 0 Å². The number of non-ortho nitro benzene ring substituents is 1. The SMILES string of the molecule is O=C(Oc1ccccc1)c1cc([N+](=O)[O-])ccc1O. The molecule has 96 valence electrons. The summed E-state index contributed by atoms with van der Waals surface area (Å²) in [5.74, 6) is -0.933. The zero-order valence-corrected chi connectivity index (χ0v) is 9.65. The molecule has 0 heterocycles. The number of benzene rings is 2. The molecule has 2 rings (SSSR count). The Morgan fingerprint density at radius 1 is 1.16 bits per heavy atom. The van der Waals surface area contributed by atoms with Crippen molar-refractivity contribution in [2.75, 3.05) is 0 Å². The Balaban J connectivity index is 2.28. The number of phenols is 1. The van der Waals surface area contributed by atoms with Gasteiger partial charge in [0, 0.05) is 12.1 Å². The Morgan fingerprint density at radius 3 is 2.47 bits per heavy atom. The number of hydrogen-bond acceptors (Lipinski definition) is 5. The van der Waals surface area contributed by atoms with Crippen LogP contribution in [0.5, 0.6) is 11.5 Å². The maximum Gasteiger partial charge on any atom is 0.347 e. The first-order valence-electron chi connectivity index (χ1n) is 5.32. The highest BCUT2D eigenvalue weighted by Gasteiger charge is 2.18. The molecule has 0 aliphatic rings. The Hall–Kier alpha value is -2.89. The molecule has 6 nitrogen and oxygen atoms in total. The molecule has 0 aliphatic heterocycles. The number of nitrogens with zero attached hydrogens (tertiary/aromatic N) is 1. The lowest BCUT2D eigenvalue weighted by molar-refractivity contribution is -0.384. The summed E-state index contributed by atoms with van der Waals surface area (Å²) in [4.78, 5) is 21.8. The van der Waals surface area contributed by atoms with E-state index in [-0.39, 0.29) is 17.0 Å². The van der Waals surface area contributed by atoms with Gasteiger partial charge in [-0.05, 0) is 18.2 Å². The molecule has 0 fully saturated rings. The first-order valence-corrected chi connectivity index (χ1v) is 5.32. The Kier molecular flexibility index (Phi) is 3.42. The van der Waals surface area contributed by atoms with Crippen LogP contribution < -0.4 is 4.74 Å². The first-order chi connectivity index (χ1) is 9.08. The third kappa shape index (κ3) is 2.86. The van der Waals surface area contributed by atoms with Gasteiger partial charge in [0.25, 0.3) is 5.69 Å². The van der Waals surface area contributed by atoms with Crippen molar-refractivity contribution in [3.8, 4) is 11.5 Å². The van der Waals surface area contributed by atoms with Gasteiger partial charge in [-0.1, -0.05) is 18.2 Å². The molecule has 0 saturated carbocycles. The van der Waals surface area contributed by atoms with E-state index in [9.17, 15) is 20.0 Å². The van der Waals surface area contributed by atoms with E-state index in [1.807, 2.05) is 0 Å². The largest absolute Gasteiger partial charge is 0.507 e. The van der Waals surface area contributed by atoms with Crippen molar-refractivity contribution in [1.82, 2.24) is 0 Å². The van der Waals surface area contributed by atoms with Crippen LogP contribution in [0, 0.1) is 10.1 Å². The normalized spacial score (nSPS) is 9.89. The summed E-state index contributed by atoms with van der Waals surface area (Å²) < 4.78 is 4.99. The summed E-state index contributed by atoms with van der Waals surface area (Å²) >= 11 is 0. The second-order valence-electron chi connectivity index (χ2n) is 3.66. The van der Waals surface area contributed by atoms with Gasteiger partial charge in [0.2, 0.25) is 0 Å². The molecule has 0 aliphatic carbocycles. The van der Waals surface area contributed by atoms with E-state index in [1.54, 1.807) is 30.3 Å². The molecule has 0 unspecified atom stereocenters. The summed E-state index contributed by atoms with van der Waals surface area (Å²) in [6, 6.07) is 11.4. The van der Waals surface area contributed by atoms with Gasteiger partial charge in [-0.2, -0.15) is 0 Å². The summed E-state index contributed by atoms with van der Waals surface area (Å²) in [5, 5.41) is 20.2. The molecule has 6 heteroatoms. The van der Waals surface area contributed by atoms with Gasteiger partial charge in [-0.25, -0.2) is 4.79 Å². The molecule has 2 aromatic carbocycles. The monoisotopic (exact) mass is 259 g/mol. The first kappa shape index (κ1) is 12.6. The minimum absolute atomic E-state index is 0.252. The fourth-order valence-electron chi connectivity index (χ4n) is 1.45. The van der Waals surface area contributed by atoms with Crippen LogP contribution in [0.15, 0.2) is 48.5 Å². The average Bonchev–Trinajstić information content (AvgIpc) is 2.40. The van der Waals surface area contributed by atoms with Crippen LogP contribution in [0.4, 0.5) is 5.69 Å². The van der Waals surface area contributed by atoms with Crippen LogP contribution in [-0.4, -0.2) is 16.0 Å². The number of nitro benzene ring substituents is 1. The number of hydrogen-bond donors (Lipinski definition) is 1. The Morgan fingerprint density at radius 2 is 1.84 bits per heavy atom. The molecule has 2 aromatic rings. The van der Waals surface area contributed by atoms with Gasteiger partial charge in [0.1, 0.15) is 17.1 Å². The number of carbonyl (C=O) groups is 1. The number of phenolic OH excluding ortho intramolecular Hbond substituents is 1. The van der Waals surface area contributed by atoms with Crippen molar-refractivity contribution in [2.24, 2.45) is 0 Å². The van der Waals surface area contributed by atoms with E-state index in [0.29, 0.717) is 5.75 Å². The van der Waals surface area contributed by atoms with Gasteiger partial charge < -0.3 is 9.84 Å². The number of esters is 1. The van der Waals surface area contributed by atoms with E-state index in [0.717, 1.165) is 18.2 Å². The van der Waals surface area contributed by atoms with Crippen LogP contribution in [0.2, 0.25) is 0 Å². The lowest BCUT2D eigenvalue weighted by Crippen LogP contribution is -2.09. The lowest BCUT2D eigenvalue weighted by atomic mass is 10.2. The minimum atomic E-state index is -0.854. The fourth-order valence-corrected chi connectivity index (χ4v) is 1.45. The van der Waals surface area contributed by atoms with Gasteiger partial charge in [0.15, 0.2) is 0 Å². The third-order valence-electron chi connectivity index (χ3n) is 2.36. The standard InChI is InChI=1S/C13H9NO5/c15-12-7-6-9(14(17)18)8-11(12)13(16)19-10-4-2-1-3-5-10/h1-8,15H. The summed E-state index contributed by atoms with van der Waals surface area (Å²) in [6.07, 6.45) is 0. The Labute approximate surface area is 108 Å². The number of rotatable bonds is 3. The number of nitro groups is 1. The summed E-state index contributed by atoms with van der Waals surface area (Å²) in [7, 11) is 0. The molecular formula is C13H9NO5. The van der Waals surface area contributed by atoms with Crippen molar-refractivity contribution in [3.05, 3.63) is 64.2 Å². The second-order valence-corrected chi connectivity index (χ2v) is 3.66. The second kappa shape index (κ2) is 5.18. The molecule has 1 N–H and O–H groups in total. The molecule has 0 aromatic heterocycles. The number of carbonyl (C=O) groups excluding carboxylic acids is 1. The van der Waals surface area contributed by atoms with Crippen LogP contribution in [0.3, 0.4) is 0 Å². The molecule has 19 heavy (non-hydrogen) atoms. The molecule has 0 saturated heterocycles. The molecule has 0 atom stereocenters. The number of aromatic hydroxyl groups is 1. The van der Waals surface area contributed by atoms with E-state index in [1.165, 1.54) is 0 Å². The van der Waals surface area contributed by atoms with Gasteiger partial charge in [-0.15, -0.1) is 0 Å². The maximum absolute atomic E-state index is 11.8. The predicted molar refractivity (Wildman–Crippen MR) is 66.2 cm³/mol. The van der Waals surface area contributed by atoms with Crippen molar-refractivity contribution in [2.45, 2.75) is 0 Å². The predicted octanol–water partition coefficient (Wildman–Crippen LogP) is 2.52.